The molecule has 0 radical (unpaired) electrons. The molecule has 3 N–H and O–H groups in total. The summed E-state index contributed by atoms with van der Waals surface area (Å²) in [6.07, 6.45) is 3.80. The smallest absolute Gasteiger partial charge is 0.250 e. The summed E-state index contributed by atoms with van der Waals surface area (Å²) in [5, 5.41) is 10.9. The summed E-state index contributed by atoms with van der Waals surface area (Å²) in [7, 11) is 0. The Bertz CT molecular complexity index is 411. The summed E-state index contributed by atoms with van der Waals surface area (Å²) >= 11 is 0. The lowest BCUT2D eigenvalue weighted by Crippen LogP contribution is -2.59. The Balaban J connectivity index is 1.92. The topological polar surface area (TPSA) is 75.8 Å². The SMILES string of the molecule is CC1(C(N)=O)CN(CC2(O)CCC(C(C)(C)C)CC2)CCO1. The van der Waals surface area contributed by atoms with Crippen LogP contribution in [0.3, 0.4) is 0 Å². The fourth-order valence-corrected chi connectivity index (χ4v) is 3.83. The number of amides is 1. The van der Waals surface area contributed by atoms with Crippen LogP contribution in [0.25, 0.3) is 0 Å². The van der Waals surface area contributed by atoms with Gasteiger partial charge in [0.2, 0.25) is 0 Å². The molecule has 128 valence electrons. The van der Waals surface area contributed by atoms with Crippen LogP contribution in [0.4, 0.5) is 0 Å². The molecule has 1 heterocycles. The number of carbonyl (C=O) groups excluding carboxylic acids is 1. The van der Waals surface area contributed by atoms with Crippen LogP contribution in [0.1, 0.15) is 53.4 Å². The third kappa shape index (κ3) is 4.00. The van der Waals surface area contributed by atoms with Crippen molar-refractivity contribution in [1.82, 2.24) is 4.90 Å². The zero-order chi connectivity index (χ0) is 16.6. The molecular formula is C17H32N2O3. The summed E-state index contributed by atoms with van der Waals surface area (Å²) in [6, 6.07) is 0. The lowest BCUT2D eigenvalue weighted by molar-refractivity contribution is -0.158. The Morgan fingerprint density at radius 2 is 1.95 bits per heavy atom. The number of rotatable bonds is 3. The van der Waals surface area contributed by atoms with Crippen molar-refractivity contribution in [1.29, 1.82) is 0 Å². The first-order valence-electron chi connectivity index (χ1n) is 8.43. The maximum Gasteiger partial charge on any atom is 0.250 e. The van der Waals surface area contributed by atoms with Gasteiger partial charge < -0.3 is 15.6 Å². The number of carbonyl (C=O) groups is 1. The van der Waals surface area contributed by atoms with Crippen molar-refractivity contribution in [3.63, 3.8) is 0 Å². The van der Waals surface area contributed by atoms with E-state index < -0.39 is 17.1 Å². The number of β-amino-alcohol motifs (C(OH)–C–C–N with tert-alkyl or cyclic N) is 1. The maximum absolute atomic E-state index is 11.6. The lowest BCUT2D eigenvalue weighted by atomic mass is 9.68. The van der Waals surface area contributed by atoms with Crippen molar-refractivity contribution >= 4 is 5.91 Å². The van der Waals surface area contributed by atoms with E-state index in [4.69, 9.17) is 10.5 Å². The molecule has 0 spiro atoms. The van der Waals surface area contributed by atoms with Crippen LogP contribution in [0.15, 0.2) is 0 Å². The molecule has 0 bridgehead atoms. The number of nitrogens with zero attached hydrogens (tertiary/aromatic N) is 1. The van der Waals surface area contributed by atoms with Crippen molar-refractivity contribution < 1.29 is 14.6 Å². The molecule has 1 amide bonds. The zero-order valence-electron chi connectivity index (χ0n) is 14.5. The minimum absolute atomic E-state index is 0.310. The second-order valence-corrected chi connectivity index (χ2v) is 8.52. The van der Waals surface area contributed by atoms with E-state index in [-0.39, 0.29) is 0 Å². The Kier molecular flexibility index (Phi) is 4.91. The molecule has 5 nitrogen and oxygen atoms in total. The van der Waals surface area contributed by atoms with Crippen LogP contribution in [-0.2, 0) is 9.53 Å². The van der Waals surface area contributed by atoms with Crippen LogP contribution < -0.4 is 5.73 Å². The molecule has 2 fully saturated rings. The second-order valence-electron chi connectivity index (χ2n) is 8.52. The van der Waals surface area contributed by atoms with E-state index in [0.29, 0.717) is 31.0 Å². The van der Waals surface area contributed by atoms with E-state index in [9.17, 15) is 9.90 Å². The summed E-state index contributed by atoms with van der Waals surface area (Å²) < 4.78 is 5.54. The van der Waals surface area contributed by atoms with E-state index in [0.717, 1.165) is 32.2 Å². The molecular weight excluding hydrogens is 280 g/mol. The van der Waals surface area contributed by atoms with E-state index in [2.05, 4.69) is 25.7 Å². The van der Waals surface area contributed by atoms with E-state index in [1.54, 1.807) is 6.92 Å². The van der Waals surface area contributed by atoms with Gasteiger partial charge in [-0.3, -0.25) is 9.69 Å². The average Bonchev–Trinajstić information content (AvgIpc) is 2.37. The first-order chi connectivity index (χ1) is 10.0. The van der Waals surface area contributed by atoms with Gasteiger partial charge in [0.1, 0.15) is 0 Å². The number of aliphatic hydroxyl groups is 1. The van der Waals surface area contributed by atoms with Crippen molar-refractivity contribution in [3.8, 4) is 0 Å². The van der Waals surface area contributed by atoms with Crippen molar-refractivity contribution in [2.75, 3.05) is 26.2 Å². The molecule has 0 aromatic heterocycles. The van der Waals surface area contributed by atoms with E-state index in [1.165, 1.54) is 0 Å². The van der Waals surface area contributed by atoms with Gasteiger partial charge in [-0.1, -0.05) is 20.8 Å². The van der Waals surface area contributed by atoms with Gasteiger partial charge in [-0.15, -0.1) is 0 Å². The highest BCUT2D eigenvalue weighted by atomic mass is 16.5. The van der Waals surface area contributed by atoms with Gasteiger partial charge in [0.15, 0.2) is 5.60 Å². The monoisotopic (exact) mass is 312 g/mol. The largest absolute Gasteiger partial charge is 0.389 e. The van der Waals surface area contributed by atoms with Gasteiger partial charge in [0, 0.05) is 19.6 Å². The van der Waals surface area contributed by atoms with Crippen LogP contribution in [0.5, 0.6) is 0 Å². The molecule has 0 aromatic carbocycles. The predicted molar refractivity (Wildman–Crippen MR) is 86.4 cm³/mol. The molecule has 0 aromatic rings. The van der Waals surface area contributed by atoms with Crippen molar-refractivity contribution in [3.05, 3.63) is 0 Å². The third-order valence-corrected chi connectivity index (χ3v) is 5.53. The number of ether oxygens (including phenoxy) is 1. The Labute approximate surface area is 134 Å². The van der Waals surface area contributed by atoms with Crippen LogP contribution in [0, 0.1) is 11.3 Å². The van der Waals surface area contributed by atoms with Gasteiger partial charge in [0.25, 0.3) is 5.91 Å². The molecule has 2 aliphatic rings. The number of morpholine rings is 1. The summed E-state index contributed by atoms with van der Waals surface area (Å²) in [6.45, 7) is 10.9. The highest BCUT2D eigenvalue weighted by Crippen LogP contribution is 2.41. The molecule has 5 heteroatoms. The Morgan fingerprint density at radius 1 is 1.36 bits per heavy atom. The van der Waals surface area contributed by atoms with Gasteiger partial charge >= 0.3 is 0 Å². The summed E-state index contributed by atoms with van der Waals surface area (Å²) in [5.74, 6) is 0.244. The average molecular weight is 312 g/mol. The molecule has 1 unspecified atom stereocenters. The maximum atomic E-state index is 11.6. The zero-order valence-corrected chi connectivity index (χ0v) is 14.5. The standard InChI is InChI=1S/C17H32N2O3/c1-15(2,3)13-5-7-17(21,8-6-13)12-19-9-10-22-16(4,11-19)14(18)20/h13,21H,5-12H2,1-4H3,(H2,18,20). The number of primary amides is 1. The van der Waals surface area contributed by atoms with Crippen molar-refractivity contribution in [2.45, 2.75) is 64.6 Å². The molecule has 1 atom stereocenters. The van der Waals surface area contributed by atoms with Crippen molar-refractivity contribution in [2.24, 2.45) is 17.1 Å². The summed E-state index contributed by atoms with van der Waals surface area (Å²) in [4.78, 5) is 13.7. The predicted octanol–water partition coefficient (Wildman–Crippen LogP) is 1.53. The molecule has 1 aliphatic carbocycles. The number of hydrogen-bond acceptors (Lipinski definition) is 4. The highest BCUT2D eigenvalue weighted by molar-refractivity contribution is 5.83. The molecule has 22 heavy (non-hydrogen) atoms. The Morgan fingerprint density at radius 3 is 2.45 bits per heavy atom. The lowest BCUT2D eigenvalue weighted by Gasteiger charge is -2.45. The normalized spacial score (nSPS) is 38.0. The quantitative estimate of drug-likeness (QED) is 0.828. The molecule has 1 saturated heterocycles. The first-order valence-corrected chi connectivity index (χ1v) is 8.43. The number of hydrogen-bond donors (Lipinski definition) is 2. The fraction of sp³-hybridized carbons (Fsp3) is 0.941. The Hall–Kier alpha value is -0.650. The number of nitrogens with two attached hydrogens (primary N) is 1. The minimum Gasteiger partial charge on any atom is -0.389 e. The van der Waals surface area contributed by atoms with Gasteiger partial charge in [-0.05, 0) is 43.9 Å². The van der Waals surface area contributed by atoms with E-state index >= 15 is 0 Å². The molecule has 1 saturated carbocycles. The third-order valence-electron chi connectivity index (χ3n) is 5.53. The highest BCUT2D eigenvalue weighted by Gasteiger charge is 2.42. The molecule has 2 rings (SSSR count). The molecule has 1 aliphatic heterocycles. The fourth-order valence-electron chi connectivity index (χ4n) is 3.83. The minimum atomic E-state index is -0.933. The van der Waals surface area contributed by atoms with Gasteiger partial charge in [-0.25, -0.2) is 0 Å². The van der Waals surface area contributed by atoms with Gasteiger partial charge in [-0.2, -0.15) is 0 Å². The summed E-state index contributed by atoms with van der Waals surface area (Å²) in [5.41, 5.74) is 4.18. The van der Waals surface area contributed by atoms with Crippen LogP contribution in [-0.4, -0.2) is 53.4 Å². The van der Waals surface area contributed by atoms with E-state index in [1.807, 2.05) is 0 Å². The second kappa shape index (κ2) is 6.10. The van der Waals surface area contributed by atoms with Gasteiger partial charge in [0.05, 0.1) is 12.2 Å². The van der Waals surface area contributed by atoms with Crippen LogP contribution >= 0.6 is 0 Å². The first kappa shape index (κ1) is 17.7. The van der Waals surface area contributed by atoms with Crippen LogP contribution in [0.2, 0.25) is 0 Å².